The molecule has 1 aliphatic heterocycles. The highest BCUT2D eigenvalue weighted by Gasteiger charge is 2.33. The van der Waals surface area contributed by atoms with E-state index in [4.69, 9.17) is 0 Å². The molecule has 0 radical (unpaired) electrons. The first-order chi connectivity index (χ1) is 17.6. The van der Waals surface area contributed by atoms with Crippen molar-refractivity contribution in [3.05, 3.63) is 71.6 Å². The van der Waals surface area contributed by atoms with Crippen LogP contribution in [0.5, 0.6) is 0 Å². The largest absolute Gasteiger partial charge is 0.416 e. The van der Waals surface area contributed by atoms with E-state index in [0.717, 1.165) is 17.5 Å². The molecule has 14 heteroatoms. The van der Waals surface area contributed by atoms with E-state index in [1.54, 1.807) is 14.1 Å². The Morgan fingerprint density at radius 1 is 1.11 bits per heavy atom. The molecule has 2 aromatic carbocycles. The predicted molar refractivity (Wildman–Crippen MR) is 138 cm³/mol. The van der Waals surface area contributed by atoms with Gasteiger partial charge in [-0.1, -0.05) is 18.7 Å². The monoisotopic (exact) mass is 576 g/mol. The van der Waals surface area contributed by atoms with E-state index in [0.29, 0.717) is 17.7 Å². The summed E-state index contributed by atoms with van der Waals surface area (Å²) in [6, 6.07) is 10.5. The summed E-state index contributed by atoms with van der Waals surface area (Å²) in [5.74, 6) is -0.187. The fourth-order valence-electron chi connectivity index (χ4n) is 4.01. The molecule has 0 bridgehead atoms. The number of sulfonamides is 2. The number of nitrogens with one attached hydrogen (secondary N) is 1. The molecule has 210 valence electrons. The molecule has 0 aromatic heterocycles. The zero-order valence-electron chi connectivity index (χ0n) is 21.0. The molecule has 0 amide bonds. The third-order valence-corrected chi connectivity index (χ3v) is 9.11. The van der Waals surface area contributed by atoms with Crippen LogP contribution >= 0.6 is 0 Å². The van der Waals surface area contributed by atoms with Crippen molar-refractivity contribution in [2.75, 3.05) is 38.6 Å². The first-order valence-electron chi connectivity index (χ1n) is 11.6. The van der Waals surface area contributed by atoms with Crippen LogP contribution < -0.4 is 9.62 Å². The topological polar surface area (TPSA) is 110 Å². The quantitative estimate of drug-likeness (QED) is 0.396. The third kappa shape index (κ3) is 7.33. The number of hydrogen-bond acceptors (Lipinski definition) is 7. The van der Waals surface area contributed by atoms with Crippen molar-refractivity contribution in [2.45, 2.75) is 30.4 Å². The Hall–Kier alpha value is -2.49. The van der Waals surface area contributed by atoms with Crippen LogP contribution in [0.1, 0.15) is 17.5 Å². The number of nitrogens with zero attached hydrogens (tertiary/aromatic N) is 3. The van der Waals surface area contributed by atoms with Crippen molar-refractivity contribution >= 4 is 25.7 Å². The summed E-state index contributed by atoms with van der Waals surface area (Å²) in [6.45, 7) is 3.79. The maximum Gasteiger partial charge on any atom is 0.416 e. The van der Waals surface area contributed by atoms with Crippen molar-refractivity contribution in [1.29, 1.82) is 0 Å². The summed E-state index contributed by atoms with van der Waals surface area (Å²) < 4.78 is 91.9. The van der Waals surface area contributed by atoms with Crippen LogP contribution in [-0.4, -0.2) is 71.2 Å². The summed E-state index contributed by atoms with van der Waals surface area (Å²) in [7, 11) is -4.20. The average Bonchev–Trinajstić information content (AvgIpc) is 3.36. The first-order valence-corrected chi connectivity index (χ1v) is 14.6. The van der Waals surface area contributed by atoms with E-state index < -0.39 is 38.1 Å². The molecule has 9 nitrogen and oxygen atoms in total. The summed E-state index contributed by atoms with van der Waals surface area (Å²) in [5, 5.41) is 11.5. The summed E-state index contributed by atoms with van der Waals surface area (Å²) in [4.78, 5) is 3.05. The molecule has 0 saturated carbocycles. The van der Waals surface area contributed by atoms with Gasteiger partial charge < -0.3 is 10.0 Å². The van der Waals surface area contributed by atoms with Gasteiger partial charge in [0.15, 0.2) is 6.35 Å². The molecule has 2 atom stereocenters. The Labute approximate surface area is 221 Å². The number of hydrogen-bond donors (Lipinski definition) is 2. The van der Waals surface area contributed by atoms with Crippen LogP contribution in [0.3, 0.4) is 0 Å². The van der Waals surface area contributed by atoms with Crippen molar-refractivity contribution in [3.8, 4) is 0 Å². The second-order valence-corrected chi connectivity index (χ2v) is 12.9. The number of aliphatic hydroxyl groups is 1. The second-order valence-electron chi connectivity index (χ2n) is 9.20. The Morgan fingerprint density at radius 2 is 1.71 bits per heavy atom. The SMILES string of the molecule is C=CS(=O)(=O)NC[C@H]1CCN(S(=O)(=O)c2ccc(N(Cc3ccc(C(F)(F)F)cc3)C(O)N(C)C)cc2)C1. The Bertz CT molecular complexity index is 1320. The molecule has 1 heterocycles. The predicted octanol–water partition coefficient (Wildman–Crippen LogP) is 2.62. The molecule has 0 aliphatic carbocycles. The second kappa shape index (κ2) is 11.7. The number of rotatable bonds is 11. The van der Waals surface area contributed by atoms with Gasteiger partial charge in [0, 0.05) is 37.3 Å². The van der Waals surface area contributed by atoms with E-state index in [1.807, 2.05) is 0 Å². The average molecular weight is 577 g/mol. The number of benzene rings is 2. The molecular formula is C24H31F3N4O5S2. The van der Waals surface area contributed by atoms with Gasteiger partial charge in [-0.25, -0.2) is 21.6 Å². The van der Waals surface area contributed by atoms with Crippen molar-refractivity contribution in [2.24, 2.45) is 5.92 Å². The molecule has 1 aliphatic rings. The van der Waals surface area contributed by atoms with Crippen molar-refractivity contribution < 1.29 is 35.1 Å². The van der Waals surface area contributed by atoms with E-state index in [9.17, 15) is 35.1 Å². The van der Waals surface area contributed by atoms with Gasteiger partial charge in [-0.05, 0) is 68.4 Å². The van der Waals surface area contributed by atoms with Gasteiger partial charge in [0.2, 0.25) is 20.0 Å². The Balaban J connectivity index is 1.76. The lowest BCUT2D eigenvalue weighted by Gasteiger charge is -2.34. The normalized spacial score (nSPS) is 18.0. The molecule has 3 rings (SSSR count). The lowest BCUT2D eigenvalue weighted by Crippen LogP contribution is -2.44. The minimum Gasteiger partial charge on any atom is -0.361 e. The molecule has 38 heavy (non-hydrogen) atoms. The number of alkyl halides is 3. The molecule has 1 saturated heterocycles. The Kier molecular flexibility index (Phi) is 9.27. The van der Waals surface area contributed by atoms with E-state index in [2.05, 4.69) is 11.3 Å². The summed E-state index contributed by atoms with van der Waals surface area (Å²) in [6.07, 6.45) is -5.11. The number of aliphatic hydroxyl groups excluding tert-OH is 1. The number of halogens is 3. The molecule has 0 spiro atoms. The van der Waals surface area contributed by atoms with Crippen molar-refractivity contribution in [3.63, 3.8) is 0 Å². The maximum absolute atomic E-state index is 13.2. The van der Waals surface area contributed by atoms with Crippen LogP contribution in [0, 0.1) is 5.92 Å². The molecule has 2 N–H and O–H groups in total. The fourth-order valence-corrected chi connectivity index (χ4v) is 6.13. The van der Waals surface area contributed by atoms with E-state index in [1.165, 1.54) is 50.5 Å². The van der Waals surface area contributed by atoms with Gasteiger partial charge in [-0.2, -0.15) is 17.5 Å². The Morgan fingerprint density at radius 3 is 2.24 bits per heavy atom. The smallest absolute Gasteiger partial charge is 0.361 e. The van der Waals surface area contributed by atoms with Crippen LogP contribution in [0.15, 0.2) is 65.4 Å². The maximum atomic E-state index is 13.2. The third-order valence-electron chi connectivity index (χ3n) is 6.22. The van der Waals surface area contributed by atoms with Crippen molar-refractivity contribution in [1.82, 2.24) is 13.9 Å². The molecule has 1 unspecified atom stereocenters. The number of anilines is 1. The lowest BCUT2D eigenvalue weighted by molar-refractivity contribution is -0.137. The molecule has 2 aromatic rings. The zero-order valence-corrected chi connectivity index (χ0v) is 22.6. The van der Waals surface area contributed by atoms with Crippen LogP contribution in [0.25, 0.3) is 0 Å². The molecular weight excluding hydrogens is 545 g/mol. The van der Waals surface area contributed by atoms with Gasteiger partial charge in [0.05, 0.1) is 10.5 Å². The standard InChI is InChI=1S/C24H31F3N4O5S2/c1-4-37(33,34)28-15-19-13-14-30(16-19)38(35,36)22-11-9-21(10-12-22)31(23(32)29(2)3)17-18-5-7-20(8-6-18)24(25,26)27/h4-12,19,23,28,32H,1,13-17H2,2-3H3/t19-,23?/m1/s1. The van der Waals surface area contributed by atoms with E-state index in [-0.39, 0.29) is 37.0 Å². The molecule has 1 fully saturated rings. The van der Waals surface area contributed by atoms with Crippen LogP contribution in [0.2, 0.25) is 0 Å². The van der Waals surface area contributed by atoms with Gasteiger partial charge in [0.25, 0.3) is 0 Å². The fraction of sp³-hybridized carbons (Fsp3) is 0.417. The van der Waals surface area contributed by atoms with Crippen LogP contribution in [-0.2, 0) is 32.8 Å². The van der Waals surface area contributed by atoms with Gasteiger partial charge in [-0.3, -0.25) is 4.90 Å². The highest BCUT2D eigenvalue weighted by molar-refractivity contribution is 7.92. The minimum atomic E-state index is -4.46. The summed E-state index contributed by atoms with van der Waals surface area (Å²) >= 11 is 0. The van der Waals surface area contributed by atoms with E-state index >= 15 is 0 Å². The summed E-state index contributed by atoms with van der Waals surface area (Å²) in [5.41, 5.74) is 0.201. The first kappa shape index (κ1) is 30.1. The van der Waals surface area contributed by atoms with Gasteiger partial charge in [-0.15, -0.1) is 0 Å². The van der Waals surface area contributed by atoms with Gasteiger partial charge >= 0.3 is 6.18 Å². The van der Waals surface area contributed by atoms with Gasteiger partial charge in [0.1, 0.15) is 0 Å². The highest BCUT2D eigenvalue weighted by atomic mass is 32.2. The minimum absolute atomic E-state index is 0.0300. The lowest BCUT2D eigenvalue weighted by atomic mass is 10.1. The highest BCUT2D eigenvalue weighted by Crippen LogP contribution is 2.30. The zero-order chi connectivity index (χ0) is 28.3. The van der Waals surface area contributed by atoms with Crippen LogP contribution in [0.4, 0.5) is 18.9 Å².